The van der Waals surface area contributed by atoms with Gasteiger partial charge in [-0.05, 0) is 30.6 Å². The van der Waals surface area contributed by atoms with E-state index in [0.717, 1.165) is 0 Å². The van der Waals surface area contributed by atoms with E-state index in [1.807, 2.05) is 16.9 Å². The van der Waals surface area contributed by atoms with E-state index in [4.69, 9.17) is 0 Å². The number of ether oxygens (including phenoxy) is 1. The van der Waals surface area contributed by atoms with Crippen LogP contribution in [0, 0.1) is 0 Å². The molecule has 0 aromatic heterocycles. The summed E-state index contributed by atoms with van der Waals surface area (Å²) in [5, 5.41) is 3.99. The van der Waals surface area contributed by atoms with Crippen LogP contribution >= 0.6 is 23.5 Å². The number of carbonyl (C=O) groups excluding carboxylic acids is 1. The fourth-order valence-electron chi connectivity index (χ4n) is 1.29. The predicted molar refractivity (Wildman–Crippen MR) is 76.9 cm³/mol. The van der Waals surface area contributed by atoms with E-state index in [1.54, 1.807) is 30.4 Å². The fraction of sp³-hybridized carbons (Fsp3) is 0.545. The second kappa shape index (κ2) is 7.91. The van der Waals surface area contributed by atoms with Crippen LogP contribution in [0.4, 0.5) is 0 Å². The molecule has 0 unspecified atom stereocenters. The Morgan fingerprint density at radius 1 is 1.39 bits per heavy atom. The maximum absolute atomic E-state index is 11.6. The molecule has 7 heteroatoms. The molecule has 1 aliphatic heterocycles. The number of thioether (sulfide) groups is 2. The van der Waals surface area contributed by atoms with Crippen molar-refractivity contribution in [3.63, 3.8) is 0 Å². The molecule has 0 spiro atoms. The molecule has 102 valence electrons. The average Bonchev–Trinajstić information content (AvgIpc) is 2.76. The van der Waals surface area contributed by atoms with Crippen LogP contribution in [-0.4, -0.2) is 32.5 Å². The van der Waals surface area contributed by atoms with E-state index in [9.17, 15) is 13.2 Å². The van der Waals surface area contributed by atoms with Gasteiger partial charge in [0.05, 0.1) is 12.4 Å². The maximum Gasteiger partial charge on any atom is 0.321 e. The number of allylic oxidation sites excluding steroid dienone is 1. The third-order valence-corrected chi connectivity index (χ3v) is 5.72. The van der Waals surface area contributed by atoms with Crippen molar-refractivity contribution in [1.29, 1.82) is 0 Å². The third-order valence-electron chi connectivity index (χ3n) is 2.04. The van der Waals surface area contributed by atoms with Gasteiger partial charge in [0.25, 0.3) is 0 Å². The molecule has 0 aromatic rings. The summed E-state index contributed by atoms with van der Waals surface area (Å²) in [6.07, 6.45) is 3.26. The SMILES string of the molecule is CCOC(=O)CS(=O)(=O)CCCC=C1SC=CS1. The number of sulfone groups is 1. The summed E-state index contributed by atoms with van der Waals surface area (Å²) in [6, 6.07) is 0. The van der Waals surface area contributed by atoms with Crippen LogP contribution in [-0.2, 0) is 19.4 Å². The van der Waals surface area contributed by atoms with Crippen LogP contribution in [0.5, 0.6) is 0 Å². The summed E-state index contributed by atoms with van der Waals surface area (Å²) in [4.78, 5) is 11.1. The molecule has 1 rings (SSSR count). The molecule has 1 heterocycles. The van der Waals surface area contributed by atoms with Gasteiger partial charge in [0.1, 0.15) is 5.75 Å². The van der Waals surface area contributed by atoms with Gasteiger partial charge in [0.2, 0.25) is 0 Å². The van der Waals surface area contributed by atoms with Crippen LogP contribution in [0.15, 0.2) is 21.1 Å². The summed E-state index contributed by atoms with van der Waals surface area (Å²) < 4.78 is 28.9. The monoisotopic (exact) mass is 308 g/mol. The second-order valence-electron chi connectivity index (χ2n) is 3.57. The topological polar surface area (TPSA) is 60.4 Å². The molecular formula is C11H16O4S3. The van der Waals surface area contributed by atoms with Gasteiger partial charge in [-0.1, -0.05) is 29.6 Å². The minimum atomic E-state index is -3.33. The Balaban J connectivity index is 2.24. The molecular weight excluding hydrogens is 292 g/mol. The number of unbranched alkanes of at least 4 members (excludes halogenated alkanes) is 1. The lowest BCUT2D eigenvalue weighted by molar-refractivity contribution is -0.139. The number of carbonyl (C=O) groups is 1. The van der Waals surface area contributed by atoms with Gasteiger partial charge < -0.3 is 4.74 Å². The van der Waals surface area contributed by atoms with Crippen molar-refractivity contribution in [2.24, 2.45) is 0 Å². The molecule has 1 aliphatic rings. The molecule has 0 N–H and O–H groups in total. The van der Waals surface area contributed by atoms with Crippen molar-refractivity contribution in [2.75, 3.05) is 18.1 Å². The van der Waals surface area contributed by atoms with Crippen molar-refractivity contribution in [3.8, 4) is 0 Å². The van der Waals surface area contributed by atoms with Gasteiger partial charge in [0.15, 0.2) is 9.84 Å². The molecule has 4 nitrogen and oxygen atoms in total. The molecule has 0 aliphatic carbocycles. The van der Waals surface area contributed by atoms with E-state index in [-0.39, 0.29) is 12.4 Å². The predicted octanol–water partition coefficient (Wildman–Crippen LogP) is 2.54. The average molecular weight is 308 g/mol. The molecule has 0 saturated heterocycles. The summed E-state index contributed by atoms with van der Waals surface area (Å²) in [5.74, 6) is -1.15. The van der Waals surface area contributed by atoms with E-state index in [0.29, 0.717) is 12.8 Å². The lowest BCUT2D eigenvalue weighted by Crippen LogP contribution is -2.20. The van der Waals surface area contributed by atoms with Crippen LogP contribution in [0.3, 0.4) is 0 Å². The second-order valence-corrected chi connectivity index (χ2v) is 7.91. The van der Waals surface area contributed by atoms with Crippen molar-refractivity contribution in [2.45, 2.75) is 19.8 Å². The van der Waals surface area contributed by atoms with Gasteiger partial charge in [0, 0.05) is 4.24 Å². The summed E-state index contributed by atoms with van der Waals surface area (Å²) in [7, 11) is -3.33. The number of hydrogen-bond acceptors (Lipinski definition) is 6. The number of hydrogen-bond donors (Lipinski definition) is 0. The van der Waals surface area contributed by atoms with E-state index in [2.05, 4.69) is 4.74 Å². The van der Waals surface area contributed by atoms with E-state index >= 15 is 0 Å². The van der Waals surface area contributed by atoms with Gasteiger partial charge >= 0.3 is 5.97 Å². The van der Waals surface area contributed by atoms with E-state index in [1.165, 1.54) is 4.24 Å². The Hall–Kier alpha value is -0.400. The Kier molecular flexibility index (Phi) is 6.88. The Morgan fingerprint density at radius 2 is 2.06 bits per heavy atom. The summed E-state index contributed by atoms with van der Waals surface area (Å²) >= 11 is 3.28. The molecule has 0 fully saturated rings. The highest BCUT2D eigenvalue weighted by Crippen LogP contribution is 2.37. The van der Waals surface area contributed by atoms with Gasteiger partial charge in [-0.2, -0.15) is 0 Å². The standard InChI is InChI=1S/C11H16O4S3/c1-2-15-10(12)9-18(13,14)8-4-3-5-11-16-6-7-17-11/h5-7H,2-4,8-9H2,1H3. The minimum absolute atomic E-state index is 0.0261. The zero-order valence-corrected chi connectivity index (χ0v) is 12.6. The van der Waals surface area contributed by atoms with Gasteiger partial charge in [-0.15, -0.1) is 0 Å². The first-order chi connectivity index (χ1) is 8.53. The first kappa shape index (κ1) is 15.7. The first-order valence-corrected chi connectivity index (χ1v) is 9.16. The summed E-state index contributed by atoms with van der Waals surface area (Å²) in [6.45, 7) is 1.86. The zero-order chi connectivity index (χ0) is 13.4. The molecule has 18 heavy (non-hydrogen) atoms. The molecule has 0 saturated carbocycles. The van der Waals surface area contributed by atoms with Crippen LogP contribution < -0.4 is 0 Å². The fourth-order valence-corrected chi connectivity index (χ4v) is 4.18. The Bertz CT molecular complexity index is 427. The smallest absolute Gasteiger partial charge is 0.321 e. The van der Waals surface area contributed by atoms with Crippen molar-refractivity contribution < 1.29 is 17.9 Å². The number of esters is 1. The molecule has 0 atom stereocenters. The molecule has 0 aromatic carbocycles. The largest absolute Gasteiger partial charge is 0.465 e. The third kappa shape index (κ3) is 6.51. The Labute approximate surface area is 116 Å². The zero-order valence-electron chi connectivity index (χ0n) is 10.1. The maximum atomic E-state index is 11.6. The van der Waals surface area contributed by atoms with Gasteiger partial charge in [-0.25, -0.2) is 8.42 Å². The van der Waals surface area contributed by atoms with Crippen LogP contribution in [0.2, 0.25) is 0 Å². The van der Waals surface area contributed by atoms with Crippen LogP contribution in [0.25, 0.3) is 0 Å². The molecule has 0 radical (unpaired) electrons. The van der Waals surface area contributed by atoms with Crippen molar-refractivity contribution >= 4 is 39.3 Å². The van der Waals surface area contributed by atoms with Crippen molar-refractivity contribution in [3.05, 3.63) is 21.1 Å². The van der Waals surface area contributed by atoms with Gasteiger partial charge in [-0.3, -0.25) is 4.79 Å². The Morgan fingerprint density at radius 3 is 2.67 bits per heavy atom. The quantitative estimate of drug-likeness (QED) is 0.532. The highest BCUT2D eigenvalue weighted by atomic mass is 32.2. The lowest BCUT2D eigenvalue weighted by Gasteiger charge is -2.03. The van der Waals surface area contributed by atoms with E-state index < -0.39 is 21.6 Å². The molecule has 0 amide bonds. The highest BCUT2D eigenvalue weighted by Gasteiger charge is 2.16. The van der Waals surface area contributed by atoms with Crippen LogP contribution in [0.1, 0.15) is 19.8 Å². The van der Waals surface area contributed by atoms with Crippen molar-refractivity contribution in [1.82, 2.24) is 0 Å². The normalized spacial score (nSPS) is 14.8. The number of rotatable bonds is 7. The first-order valence-electron chi connectivity index (χ1n) is 5.58. The molecule has 0 bridgehead atoms. The highest BCUT2D eigenvalue weighted by molar-refractivity contribution is 8.27. The summed E-state index contributed by atoms with van der Waals surface area (Å²) in [5.41, 5.74) is 0. The minimum Gasteiger partial charge on any atom is -0.465 e. The lowest BCUT2D eigenvalue weighted by atomic mass is 10.3.